The van der Waals surface area contributed by atoms with E-state index in [0.717, 1.165) is 12.1 Å². The summed E-state index contributed by atoms with van der Waals surface area (Å²) in [6.07, 6.45) is 1.17. The second-order valence-corrected chi connectivity index (χ2v) is 3.68. The van der Waals surface area contributed by atoms with Gasteiger partial charge in [-0.05, 0) is 6.08 Å². The van der Waals surface area contributed by atoms with E-state index in [-0.39, 0.29) is 26.9 Å². The fraction of sp³-hybridized carbons (Fsp3) is 0. The molecule has 0 N–H and O–H groups in total. The van der Waals surface area contributed by atoms with Crippen LogP contribution in [0.5, 0.6) is 0 Å². The summed E-state index contributed by atoms with van der Waals surface area (Å²) in [4.78, 5) is 9.88. The van der Waals surface area contributed by atoms with Gasteiger partial charge in [0.1, 0.15) is 17.7 Å². The highest BCUT2D eigenvalue weighted by Gasteiger charge is 2.13. The number of halogens is 2. The van der Waals surface area contributed by atoms with Crippen LogP contribution in [-0.2, 0) is 0 Å². The second-order valence-electron chi connectivity index (χ2n) is 2.86. The predicted octanol–water partition coefficient (Wildman–Crippen LogP) is 3.33. The Morgan fingerprint density at radius 1 is 1.29 bits per heavy atom. The van der Waals surface area contributed by atoms with Gasteiger partial charge in [0.25, 0.3) is 5.69 Å². The number of nitriles is 2. The van der Waals surface area contributed by atoms with Gasteiger partial charge in [-0.1, -0.05) is 23.2 Å². The summed E-state index contributed by atoms with van der Waals surface area (Å²) < 4.78 is 0. The molecule has 0 radical (unpaired) electrons. The van der Waals surface area contributed by atoms with Crippen LogP contribution in [0.25, 0.3) is 6.08 Å². The molecule has 0 amide bonds. The minimum atomic E-state index is -0.638. The summed E-state index contributed by atoms with van der Waals surface area (Å²) in [5.74, 6) is 0. The summed E-state index contributed by atoms with van der Waals surface area (Å²) >= 11 is 11.6. The SMILES string of the molecule is N#CC(C#N)=Cc1c(Cl)cc([N+](=O)[O-])cc1Cl. The van der Waals surface area contributed by atoms with Crippen LogP contribution >= 0.6 is 23.2 Å². The predicted molar refractivity (Wildman–Crippen MR) is 62.3 cm³/mol. The fourth-order valence-electron chi connectivity index (χ4n) is 1.05. The Balaban J connectivity index is 3.40. The lowest BCUT2D eigenvalue weighted by atomic mass is 10.1. The third-order valence-electron chi connectivity index (χ3n) is 1.80. The van der Waals surface area contributed by atoms with Crippen molar-refractivity contribution in [3.63, 3.8) is 0 Å². The highest BCUT2D eigenvalue weighted by Crippen LogP contribution is 2.31. The lowest BCUT2D eigenvalue weighted by Gasteiger charge is -2.01. The van der Waals surface area contributed by atoms with Crippen molar-refractivity contribution in [3.8, 4) is 12.1 Å². The van der Waals surface area contributed by atoms with Gasteiger partial charge < -0.3 is 0 Å². The van der Waals surface area contributed by atoms with Gasteiger partial charge >= 0.3 is 0 Å². The molecule has 0 heterocycles. The van der Waals surface area contributed by atoms with E-state index in [2.05, 4.69) is 0 Å². The first-order chi connectivity index (χ1) is 7.99. The molecule has 0 fully saturated rings. The number of rotatable bonds is 2. The Hall–Kier alpha value is -2.08. The summed E-state index contributed by atoms with van der Waals surface area (Å²) in [5.41, 5.74) is -0.243. The van der Waals surface area contributed by atoms with Crippen LogP contribution < -0.4 is 0 Å². The molecule has 0 spiro atoms. The quantitative estimate of drug-likeness (QED) is 0.467. The first-order valence-electron chi connectivity index (χ1n) is 4.15. The van der Waals surface area contributed by atoms with Crippen molar-refractivity contribution >= 4 is 35.0 Å². The Morgan fingerprint density at radius 3 is 2.12 bits per heavy atom. The first-order valence-corrected chi connectivity index (χ1v) is 4.90. The number of non-ortho nitro benzene ring substituents is 1. The maximum absolute atomic E-state index is 10.5. The number of nitrogens with zero attached hydrogens (tertiary/aromatic N) is 3. The smallest absolute Gasteiger partial charge is 0.258 e. The van der Waals surface area contributed by atoms with Gasteiger partial charge in [-0.2, -0.15) is 10.5 Å². The van der Waals surface area contributed by atoms with Gasteiger partial charge in [0, 0.05) is 17.7 Å². The van der Waals surface area contributed by atoms with Crippen LogP contribution in [0.4, 0.5) is 5.69 Å². The van der Waals surface area contributed by atoms with E-state index in [4.69, 9.17) is 33.7 Å². The van der Waals surface area contributed by atoms with Crippen molar-refractivity contribution in [1.82, 2.24) is 0 Å². The highest BCUT2D eigenvalue weighted by atomic mass is 35.5. The molecular formula is C10H3Cl2N3O2. The van der Waals surface area contributed by atoms with Crippen LogP contribution in [0.3, 0.4) is 0 Å². The van der Waals surface area contributed by atoms with Crippen molar-refractivity contribution in [2.75, 3.05) is 0 Å². The molecule has 1 rings (SSSR count). The van der Waals surface area contributed by atoms with E-state index >= 15 is 0 Å². The van der Waals surface area contributed by atoms with Crippen molar-refractivity contribution in [2.24, 2.45) is 0 Å². The molecule has 0 saturated heterocycles. The van der Waals surface area contributed by atoms with Crippen molar-refractivity contribution in [3.05, 3.63) is 43.4 Å². The maximum atomic E-state index is 10.5. The molecule has 0 atom stereocenters. The molecule has 1 aromatic carbocycles. The molecule has 0 unspecified atom stereocenters. The zero-order valence-electron chi connectivity index (χ0n) is 8.15. The third-order valence-corrected chi connectivity index (χ3v) is 2.43. The van der Waals surface area contributed by atoms with Crippen LogP contribution in [0.1, 0.15) is 5.56 Å². The van der Waals surface area contributed by atoms with Crippen molar-refractivity contribution in [1.29, 1.82) is 10.5 Å². The largest absolute Gasteiger partial charge is 0.272 e. The Kier molecular flexibility index (Phi) is 4.06. The van der Waals surface area contributed by atoms with Crippen molar-refractivity contribution in [2.45, 2.75) is 0 Å². The van der Waals surface area contributed by atoms with E-state index in [0.29, 0.717) is 0 Å². The van der Waals surface area contributed by atoms with Gasteiger partial charge in [-0.15, -0.1) is 0 Å². The Morgan fingerprint density at radius 2 is 1.76 bits per heavy atom. The summed E-state index contributed by atoms with van der Waals surface area (Å²) in [6, 6.07) is 5.49. The molecular weight excluding hydrogens is 265 g/mol. The Bertz CT molecular complexity index is 558. The molecule has 7 heteroatoms. The minimum Gasteiger partial charge on any atom is -0.258 e. The average molecular weight is 268 g/mol. The van der Waals surface area contributed by atoms with E-state index < -0.39 is 4.92 Å². The Labute approximate surface area is 106 Å². The summed E-state index contributed by atoms with van der Waals surface area (Å²) in [6.45, 7) is 0. The molecule has 0 aliphatic heterocycles. The zero-order valence-corrected chi connectivity index (χ0v) is 9.66. The number of hydrogen-bond acceptors (Lipinski definition) is 4. The monoisotopic (exact) mass is 267 g/mol. The summed E-state index contributed by atoms with van der Waals surface area (Å²) in [7, 11) is 0. The molecule has 1 aromatic rings. The molecule has 84 valence electrons. The number of hydrogen-bond donors (Lipinski definition) is 0. The molecule has 0 bridgehead atoms. The lowest BCUT2D eigenvalue weighted by molar-refractivity contribution is -0.384. The van der Waals surface area contributed by atoms with Gasteiger partial charge in [-0.25, -0.2) is 0 Å². The molecule has 0 aliphatic rings. The van der Waals surface area contributed by atoms with E-state index in [9.17, 15) is 10.1 Å². The van der Waals surface area contributed by atoms with Gasteiger partial charge in [0.2, 0.25) is 0 Å². The molecule has 5 nitrogen and oxygen atoms in total. The summed E-state index contributed by atoms with van der Waals surface area (Å²) in [5, 5.41) is 27.7. The minimum absolute atomic E-state index is 0.00667. The topological polar surface area (TPSA) is 90.7 Å². The zero-order chi connectivity index (χ0) is 13.0. The molecule has 0 aliphatic carbocycles. The number of allylic oxidation sites excluding steroid dienone is 1. The average Bonchev–Trinajstić information content (AvgIpc) is 2.28. The lowest BCUT2D eigenvalue weighted by Crippen LogP contribution is -1.90. The van der Waals surface area contributed by atoms with Crippen LogP contribution in [0.15, 0.2) is 17.7 Å². The molecule has 0 saturated carbocycles. The standard InChI is InChI=1S/C10H3Cl2N3O2/c11-9-2-7(15(16)17)3-10(12)8(9)1-6(4-13)5-14/h1-3H. The second kappa shape index (κ2) is 5.31. The van der Waals surface area contributed by atoms with Gasteiger partial charge in [-0.3, -0.25) is 10.1 Å². The third kappa shape index (κ3) is 2.94. The number of benzene rings is 1. The van der Waals surface area contributed by atoms with E-state index in [1.54, 1.807) is 12.1 Å². The van der Waals surface area contributed by atoms with E-state index in [1.165, 1.54) is 6.08 Å². The van der Waals surface area contributed by atoms with Crippen LogP contribution in [-0.4, -0.2) is 4.92 Å². The van der Waals surface area contributed by atoms with Crippen LogP contribution in [0, 0.1) is 32.8 Å². The normalized spacial score (nSPS) is 8.94. The van der Waals surface area contributed by atoms with Gasteiger partial charge in [0.15, 0.2) is 0 Å². The number of nitro benzene ring substituents is 1. The fourth-order valence-corrected chi connectivity index (χ4v) is 1.63. The maximum Gasteiger partial charge on any atom is 0.272 e. The first kappa shape index (κ1) is 13.0. The van der Waals surface area contributed by atoms with Crippen LogP contribution in [0.2, 0.25) is 10.0 Å². The van der Waals surface area contributed by atoms with Crippen molar-refractivity contribution < 1.29 is 4.92 Å². The van der Waals surface area contributed by atoms with E-state index in [1.807, 2.05) is 0 Å². The van der Waals surface area contributed by atoms with Gasteiger partial charge in [0.05, 0.1) is 15.0 Å². The number of nitro groups is 1. The molecule has 0 aromatic heterocycles. The molecule has 17 heavy (non-hydrogen) atoms. The highest BCUT2D eigenvalue weighted by molar-refractivity contribution is 6.37.